The molecule has 2 amide bonds. The van der Waals surface area contributed by atoms with Gasteiger partial charge in [-0.3, -0.25) is 19.7 Å². The molecule has 1 saturated heterocycles. The summed E-state index contributed by atoms with van der Waals surface area (Å²) in [6.07, 6.45) is 4.71. The maximum absolute atomic E-state index is 12.6. The van der Waals surface area contributed by atoms with Crippen LogP contribution in [0.1, 0.15) is 21.7 Å². The minimum absolute atomic E-state index is 0.0533. The summed E-state index contributed by atoms with van der Waals surface area (Å²) in [5.74, 6) is 1.26. The van der Waals surface area contributed by atoms with Gasteiger partial charge in [0.1, 0.15) is 11.5 Å². The Morgan fingerprint density at radius 1 is 1.09 bits per heavy atom. The lowest BCUT2D eigenvalue weighted by Gasteiger charge is -2.30. The summed E-state index contributed by atoms with van der Waals surface area (Å²) in [7, 11) is 0. The Kier molecular flexibility index (Phi) is 5.38. The van der Waals surface area contributed by atoms with Crippen LogP contribution in [0.5, 0.6) is 11.5 Å². The lowest BCUT2D eigenvalue weighted by Crippen LogP contribution is -2.41. The molecule has 5 aromatic rings. The molecule has 1 fully saturated rings. The predicted octanol–water partition coefficient (Wildman–Crippen LogP) is 4.99. The quantitative estimate of drug-likeness (QED) is 0.354. The summed E-state index contributed by atoms with van der Waals surface area (Å²) in [6.45, 7) is 1.63. The van der Waals surface area contributed by atoms with Crippen LogP contribution in [0.4, 0.5) is 5.69 Å². The number of amides is 2. The van der Waals surface area contributed by atoms with E-state index in [9.17, 15) is 9.59 Å². The third-order valence-electron chi connectivity index (χ3n) is 5.97. The number of aromatic amines is 1. The molecule has 2 N–H and O–H groups in total. The Hall–Kier alpha value is -4.24. The van der Waals surface area contributed by atoms with Crippen LogP contribution in [-0.4, -0.2) is 45.0 Å². The average molecular weight is 484 g/mol. The second kappa shape index (κ2) is 8.84. The third-order valence-corrected chi connectivity index (χ3v) is 7.10. The number of likely N-dealkylation sites (tertiary alicyclic amines) is 1. The molecule has 35 heavy (non-hydrogen) atoms. The molecular formula is C26H21N5O3S. The lowest BCUT2D eigenvalue weighted by atomic mass is 10.1. The Balaban J connectivity index is 1.13. The molecule has 0 radical (unpaired) electrons. The second-order valence-electron chi connectivity index (χ2n) is 8.42. The highest BCUT2D eigenvalue weighted by Crippen LogP contribution is 2.35. The van der Waals surface area contributed by atoms with Gasteiger partial charge in [-0.15, -0.1) is 11.3 Å². The van der Waals surface area contributed by atoms with E-state index in [4.69, 9.17) is 4.74 Å². The average Bonchev–Trinajstić information content (AvgIpc) is 3.46. The zero-order valence-corrected chi connectivity index (χ0v) is 19.5. The van der Waals surface area contributed by atoms with E-state index in [0.29, 0.717) is 16.4 Å². The van der Waals surface area contributed by atoms with Gasteiger partial charge in [-0.05, 0) is 48.4 Å². The van der Waals surface area contributed by atoms with Crippen molar-refractivity contribution >= 4 is 50.0 Å². The van der Waals surface area contributed by atoms with E-state index in [0.717, 1.165) is 51.9 Å². The zero-order valence-electron chi connectivity index (χ0n) is 18.7. The second-order valence-corrected chi connectivity index (χ2v) is 9.48. The van der Waals surface area contributed by atoms with Gasteiger partial charge in [0.25, 0.3) is 5.91 Å². The number of pyridine rings is 1. The van der Waals surface area contributed by atoms with E-state index in [-0.39, 0.29) is 18.2 Å². The summed E-state index contributed by atoms with van der Waals surface area (Å²) in [5, 5.41) is 10.8. The normalized spacial score (nSPS) is 13.1. The maximum Gasteiger partial charge on any atom is 0.264 e. The molecule has 4 heterocycles. The molecule has 0 saturated carbocycles. The number of carbonyl (C=O) groups excluding carboxylic acids is 2. The minimum Gasteiger partial charge on any atom is -0.456 e. The van der Waals surface area contributed by atoms with Crippen molar-refractivity contribution in [3.05, 3.63) is 77.4 Å². The molecule has 1 aliphatic rings. The van der Waals surface area contributed by atoms with E-state index in [1.807, 2.05) is 53.4 Å². The van der Waals surface area contributed by atoms with Gasteiger partial charge < -0.3 is 15.0 Å². The fourth-order valence-corrected chi connectivity index (χ4v) is 5.02. The van der Waals surface area contributed by atoms with Gasteiger partial charge in [0, 0.05) is 36.4 Å². The number of nitrogens with one attached hydrogen (secondary N) is 2. The number of fused-ring (bicyclic) bond motifs is 2. The Labute approximate surface area is 204 Å². The van der Waals surface area contributed by atoms with Gasteiger partial charge in [-0.25, -0.2) is 0 Å². The molecule has 9 heteroatoms. The van der Waals surface area contributed by atoms with Crippen LogP contribution in [0.15, 0.2) is 67.0 Å². The number of anilines is 1. The zero-order chi connectivity index (χ0) is 23.8. The van der Waals surface area contributed by atoms with Gasteiger partial charge in [0.2, 0.25) is 5.91 Å². The van der Waals surface area contributed by atoms with Crippen molar-refractivity contribution in [2.45, 2.75) is 12.8 Å². The number of H-pyrrole nitrogens is 1. The van der Waals surface area contributed by atoms with E-state index < -0.39 is 0 Å². The molecule has 0 bridgehead atoms. The van der Waals surface area contributed by atoms with Crippen molar-refractivity contribution in [2.75, 3.05) is 18.4 Å². The summed E-state index contributed by atoms with van der Waals surface area (Å²) in [5.41, 5.74) is 3.27. The van der Waals surface area contributed by atoms with E-state index in [1.165, 1.54) is 11.3 Å². The number of ether oxygens (including phenoxy) is 1. The highest BCUT2D eigenvalue weighted by Gasteiger charge is 2.24. The molecule has 2 aromatic carbocycles. The van der Waals surface area contributed by atoms with Crippen molar-refractivity contribution in [3.8, 4) is 11.5 Å². The largest absolute Gasteiger partial charge is 0.456 e. The lowest BCUT2D eigenvalue weighted by molar-refractivity contribution is -0.115. The fraction of sp³-hybridized carbons (Fsp3) is 0.154. The van der Waals surface area contributed by atoms with Crippen molar-refractivity contribution in [3.63, 3.8) is 0 Å². The molecule has 6 rings (SSSR count). The van der Waals surface area contributed by atoms with E-state index in [2.05, 4.69) is 20.5 Å². The minimum atomic E-state index is -0.102. The topological polar surface area (TPSA) is 100 Å². The number of carbonyl (C=O) groups is 2. The van der Waals surface area contributed by atoms with Gasteiger partial charge in [-0.2, -0.15) is 5.10 Å². The van der Waals surface area contributed by atoms with Crippen LogP contribution in [0, 0.1) is 0 Å². The first-order valence-corrected chi connectivity index (χ1v) is 12.1. The number of aromatic nitrogens is 3. The summed E-state index contributed by atoms with van der Waals surface area (Å²) in [4.78, 5) is 32.0. The SMILES string of the molecule is O=C(Cc1ccc(Oc2ccnc3cc(C(=O)N4CCC4)sc23)cc1)Nc1ccc2[nH]ncc2c1. The van der Waals surface area contributed by atoms with Crippen LogP contribution in [-0.2, 0) is 11.2 Å². The Morgan fingerprint density at radius 3 is 2.74 bits per heavy atom. The van der Waals surface area contributed by atoms with Crippen molar-refractivity contribution in [1.29, 1.82) is 0 Å². The number of benzene rings is 2. The van der Waals surface area contributed by atoms with Gasteiger partial charge in [-0.1, -0.05) is 12.1 Å². The molecule has 3 aromatic heterocycles. The van der Waals surface area contributed by atoms with Gasteiger partial charge in [0.15, 0.2) is 0 Å². The van der Waals surface area contributed by atoms with Crippen molar-refractivity contribution < 1.29 is 14.3 Å². The van der Waals surface area contributed by atoms with Gasteiger partial charge >= 0.3 is 0 Å². The number of hydrogen-bond donors (Lipinski definition) is 2. The molecule has 0 atom stereocenters. The number of hydrogen-bond acceptors (Lipinski definition) is 6. The summed E-state index contributed by atoms with van der Waals surface area (Å²) in [6, 6.07) is 16.7. The molecule has 0 aliphatic carbocycles. The highest BCUT2D eigenvalue weighted by atomic mass is 32.1. The number of nitrogens with zero attached hydrogens (tertiary/aromatic N) is 3. The summed E-state index contributed by atoms with van der Waals surface area (Å²) < 4.78 is 6.95. The Bertz CT molecular complexity index is 1550. The van der Waals surface area contributed by atoms with E-state index in [1.54, 1.807) is 18.5 Å². The monoisotopic (exact) mass is 483 g/mol. The summed E-state index contributed by atoms with van der Waals surface area (Å²) >= 11 is 1.40. The number of rotatable bonds is 6. The molecular weight excluding hydrogens is 462 g/mol. The molecule has 8 nitrogen and oxygen atoms in total. The van der Waals surface area contributed by atoms with Crippen LogP contribution in [0.2, 0.25) is 0 Å². The number of thiophene rings is 1. The third kappa shape index (κ3) is 4.33. The first kappa shape index (κ1) is 21.3. The highest BCUT2D eigenvalue weighted by molar-refractivity contribution is 7.21. The van der Waals surface area contributed by atoms with Crippen molar-refractivity contribution in [2.24, 2.45) is 0 Å². The first-order chi connectivity index (χ1) is 17.1. The predicted molar refractivity (Wildman–Crippen MR) is 135 cm³/mol. The van der Waals surface area contributed by atoms with Crippen LogP contribution >= 0.6 is 11.3 Å². The first-order valence-electron chi connectivity index (χ1n) is 11.3. The Morgan fingerprint density at radius 2 is 1.94 bits per heavy atom. The smallest absolute Gasteiger partial charge is 0.264 e. The van der Waals surface area contributed by atoms with Crippen LogP contribution in [0.25, 0.3) is 21.1 Å². The molecule has 1 aliphatic heterocycles. The van der Waals surface area contributed by atoms with Crippen LogP contribution in [0.3, 0.4) is 0 Å². The molecule has 0 unspecified atom stereocenters. The maximum atomic E-state index is 12.6. The standard InChI is InChI=1S/C26H21N5O3S/c32-24(29-18-4-7-20-17(13-18)15-28-30-20)12-16-2-5-19(6-3-16)34-22-8-9-27-21-14-23(35-25(21)22)26(33)31-10-1-11-31/h2-9,13-15H,1,10-12H2,(H,28,30)(H,29,32). The van der Waals surface area contributed by atoms with Gasteiger partial charge in [0.05, 0.1) is 33.2 Å². The van der Waals surface area contributed by atoms with Crippen LogP contribution < -0.4 is 10.1 Å². The fourth-order valence-electron chi connectivity index (χ4n) is 3.99. The molecule has 174 valence electrons. The van der Waals surface area contributed by atoms with E-state index >= 15 is 0 Å². The molecule has 0 spiro atoms. The van der Waals surface area contributed by atoms with Crippen molar-refractivity contribution in [1.82, 2.24) is 20.1 Å².